The molecule has 0 amide bonds. The number of rotatable bonds is 6. The van der Waals surface area contributed by atoms with Crippen LogP contribution >= 0.6 is 12.4 Å². The molecule has 2 nitrogen and oxygen atoms in total. The van der Waals surface area contributed by atoms with E-state index >= 15 is 0 Å². The van der Waals surface area contributed by atoms with Gasteiger partial charge in [0.15, 0.2) is 0 Å². The van der Waals surface area contributed by atoms with E-state index in [0.29, 0.717) is 5.75 Å². The molecular formula is C20H26ClNO. The summed E-state index contributed by atoms with van der Waals surface area (Å²) in [6, 6.07) is 19.1. The summed E-state index contributed by atoms with van der Waals surface area (Å²) in [6.45, 7) is 1.07. The standard InChI is InChI=1S/C20H25NO.ClH/c1-21(17-10-7-11-17)15-14-18(16-8-3-2-4-9-16)19-12-5-6-13-20(19)22;/h2-6,8-9,12-13,17-18,22H,7,10-11,14-15H2,1H3;1H. The average molecular weight is 332 g/mol. The first-order valence-corrected chi connectivity index (χ1v) is 8.29. The summed E-state index contributed by atoms with van der Waals surface area (Å²) >= 11 is 0. The third kappa shape index (κ3) is 4.27. The lowest BCUT2D eigenvalue weighted by Crippen LogP contribution is -2.38. The highest BCUT2D eigenvalue weighted by Crippen LogP contribution is 2.34. The first-order chi connectivity index (χ1) is 10.8. The molecule has 124 valence electrons. The van der Waals surface area contributed by atoms with Gasteiger partial charge in [0.2, 0.25) is 0 Å². The predicted molar refractivity (Wildman–Crippen MR) is 98.5 cm³/mol. The van der Waals surface area contributed by atoms with Crippen molar-refractivity contribution in [2.24, 2.45) is 0 Å². The molecule has 3 rings (SSSR count). The molecule has 0 heterocycles. The van der Waals surface area contributed by atoms with Crippen LogP contribution in [0.4, 0.5) is 0 Å². The summed E-state index contributed by atoms with van der Waals surface area (Å²) in [7, 11) is 2.23. The lowest BCUT2D eigenvalue weighted by molar-refractivity contribution is 0.156. The molecule has 0 radical (unpaired) electrons. The van der Waals surface area contributed by atoms with Crippen LogP contribution in [0, 0.1) is 0 Å². The van der Waals surface area contributed by atoms with Crippen LogP contribution in [0.3, 0.4) is 0 Å². The van der Waals surface area contributed by atoms with Gasteiger partial charge in [-0.3, -0.25) is 0 Å². The average Bonchev–Trinajstić information content (AvgIpc) is 2.48. The molecule has 2 aromatic rings. The Labute approximate surface area is 145 Å². The second kappa shape index (κ2) is 8.37. The first-order valence-electron chi connectivity index (χ1n) is 8.29. The highest BCUT2D eigenvalue weighted by molar-refractivity contribution is 5.85. The van der Waals surface area contributed by atoms with Crippen molar-refractivity contribution in [1.82, 2.24) is 4.90 Å². The maximum Gasteiger partial charge on any atom is 0.119 e. The Morgan fingerprint density at radius 3 is 2.30 bits per heavy atom. The minimum absolute atomic E-state index is 0. The zero-order valence-corrected chi connectivity index (χ0v) is 14.5. The summed E-state index contributed by atoms with van der Waals surface area (Å²) in [4.78, 5) is 2.49. The SMILES string of the molecule is CN(CCC(c1ccccc1)c1ccccc1O)C1CCC1.Cl. The molecule has 2 aromatic carbocycles. The van der Waals surface area contributed by atoms with Gasteiger partial charge in [0, 0.05) is 17.5 Å². The van der Waals surface area contributed by atoms with Crippen LogP contribution in [0.15, 0.2) is 54.6 Å². The maximum absolute atomic E-state index is 10.3. The molecule has 0 spiro atoms. The van der Waals surface area contributed by atoms with Gasteiger partial charge in [-0.05, 0) is 44.5 Å². The number of para-hydroxylation sites is 1. The summed E-state index contributed by atoms with van der Waals surface area (Å²) in [5.41, 5.74) is 2.32. The summed E-state index contributed by atoms with van der Waals surface area (Å²) in [5, 5.41) is 10.3. The van der Waals surface area contributed by atoms with Crippen LogP contribution in [0.2, 0.25) is 0 Å². The minimum atomic E-state index is 0. The van der Waals surface area contributed by atoms with Gasteiger partial charge in [0.05, 0.1) is 0 Å². The number of nitrogens with zero attached hydrogens (tertiary/aromatic N) is 1. The monoisotopic (exact) mass is 331 g/mol. The quantitative estimate of drug-likeness (QED) is 0.820. The summed E-state index contributed by atoms with van der Waals surface area (Å²) in [6.07, 6.45) is 5.08. The van der Waals surface area contributed by atoms with E-state index in [1.165, 1.54) is 24.8 Å². The van der Waals surface area contributed by atoms with E-state index in [1.54, 1.807) is 6.07 Å². The van der Waals surface area contributed by atoms with E-state index in [0.717, 1.165) is 24.6 Å². The van der Waals surface area contributed by atoms with E-state index in [-0.39, 0.29) is 18.3 Å². The van der Waals surface area contributed by atoms with E-state index in [2.05, 4.69) is 42.3 Å². The molecule has 1 atom stereocenters. The largest absolute Gasteiger partial charge is 0.508 e. The normalized spacial score (nSPS) is 15.7. The number of phenols is 1. The Morgan fingerprint density at radius 2 is 1.70 bits per heavy atom. The number of aromatic hydroxyl groups is 1. The fourth-order valence-corrected chi connectivity index (χ4v) is 3.31. The molecule has 1 aliphatic carbocycles. The second-order valence-electron chi connectivity index (χ2n) is 6.38. The lowest BCUT2D eigenvalue weighted by Gasteiger charge is -2.35. The van der Waals surface area contributed by atoms with Crippen molar-refractivity contribution >= 4 is 12.4 Å². The van der Waals surface area contributed by atoms with Gasteiger partial charge in [0.1, 0.15) is 5.75 Å². The van der Waals surface area contributed by atoms with Gasteiger partial charge in [-0.2, -0.15) is 0 Å². The highest BCUT2D eigenvalue weighted by atomic mass is 35.5. The number of hydrogen-bond donors (Lipinski definition) is 1. The molecular weight excluding hydrogens is 306 g/mol. The maximum atomic E-state index is 10.3. The molecule has 1 aliphatic rings. The fourth-order valence-electron chi connectivity index (χ4n) is 3.31. The van der Waals surface area contributed by atoms with Gasteiger partial charge >= 0.3 is 0 Å². The van der Waals surface area contributed by atoms with Crippen molar-refractivity contribution in [2.45, 2.75) is 37.6 Å². The van der Waals surface area contributed by atoms with Gasteiger partial charge in [-0.15, -0.1) is 12.4 Å². The van der Waals surface area contributed by atoms with Crippen molar-refractivity contribution in [3.8, 4) is 5.75 Å². The number of halogens is 1. The predicted octanol–water partition coefficient (Wildman–Crippen LogP) is 4.82. The molecule has 1 N–H and O–H groups in total. The Bertz CT molecular complexity index is 598. The van der Waals surface area contributed by atoms with E-state index in [1.807, 2.05) is 18.2 Å². The van der Waals surface area contributed by atoms with Crippen LogP contribution in [-0.4, -0.2) is 29.6 Å². The number of phenolic OH excluding ortho intramolecular Hbond substituents is 1. The van der Waals surface area contributed by atoms with Crippen LogP contribution < -0.4 is 0 Å². The van der Waals surface area contributed by atoms with E-state index in [9.17, 15) is 5.11 Å². The lowest BCUT2D eigenvalue weighted by atomic mass is 9.86. The van der Waals surface area contributed by atoms with Crippen molar-refractivity contribution in [3.63, 3.8) is 0 Å². The Balaban J connectivity index is 0.00000192. The molecule has 0 aliphatic heterocycles. The Morgan fingerprint density at radius 1 is 1.04 bits per heavy atom. The molecule has 3 heteroatoms. The van der Waals surface area contributed by atoms with Crippen molar-refractivity contribution in [1.29, 1.82) is 0 Å². The van der Waals surface area contributed by atoms with Crippen molar-refractivity contribution < 1.29 is 5.11 Å². The van der Waals surface area contributed by atoms with Gasteiger partial charge in [-0.1, -0.05) is 55.0 Å². The molecule has 1 saturated carbocycles. The second-order valence-corrected chi connectivity index (χ2v) is 6.38. The topological polar surface area (TPSA) is 23.5 Å². The van der Waals surface area contributed by atoms with Gasteiger partial charge in [-0.25, -0.2) is 0 Å². The highest BCUT2D eigenvalue weighted by Gasteiger charge is 2.24. The molecule has 0 saturated heterocycles. The van der Waals surface area contributed by atoms with Crippen LogP contribution in [0.5, 0.6) is 5.75 Å². The molecule has 0 aromatic heterocycles. The zero-order chi connectivity index (χ0) is 15.4. The smallest absolute Gasteiger partial charge is 0.119 e. The summed E-state index contributed by atoms with van der Waals surface area (Å²) < 4.78 is 0. The molecule has 1 unspecified atom stereocenters. The third-order valence-electron chi connectivity index (χ3n) is 4.98. The van der Waals surface area contributed by atoms with Crippen molar-refractivity contribution in [2.75, 3.05) is 13.6 Å². The van der Waals surface area contributed by atoms with Crippen LogP contribution in [0.25, 0.3) is 0 Å². The van der Waals surface area contributed by atoms with Gasteiger partial charge in [0.25, 0.3) is 0 Å². The van der Waals surface area contributed by atoms with E-state index in [4.69, 9.17) is 0 Å². The Kier molecular flexibility index (Phi) is 6.49. The zero-order valence-electron chi connectivity index (χ0n) is 13.7. The molecule has 0 bridgehead atoms. The van der Waals surface area contributed by atoms with Crippen LogP contribution in [0.1, 0.15) is 42.7 Å². The number of benzene rings is 2. The fraction of sp³-hybridized carbons (Fsp3) is 0.400. The van der Waals surface area contributed by atoms with Crippen molar-refractivity contribution in [3.05, 3.63) is 65.7 Å². The molecule has 1 fully saturated rings. The Hall–Kier alpha value is -1.51. The van der Waals surface area contributed by atoms with E-state index < -0.39 is 0 Å². The minimum Gasteiger partial charge on any atom is -0.508 e. The summed E-state index contributed by atoms with van der Waals surface area (Å²) in [5.74, 6) is 0.660. The first kappa shape index (κ1) is 17.8. The molecule has 23 heavy (non-hydrogen) atoms. The van der Waals surface area contributed by atoms with Gasteiger partial charge < -0.3 is 10.0 Å². The number of hydrogen-bond acceptors (Lipinski definition) is 2. The third-order valence-corrected chi connectivity index (χ3v) is 4.98. The van der Waals surface area contributed by atoms with Crippen LogP contribution in [-0.2, 0) is 0 Å².